The number of nitrogens with zero attached hydrogens (tertiary/aromatic N) is 2. The molecule has 0 aliphatic rings. The zero-order valence-electron chi connectivity index (χ0n) is 19.9. The number of benzene rings is 2. The van der Waals surface area contributed by atoms with Gasteiger partial charge in [-0.1, -0.05) is 23.2 Å². The fraction of sp³-hybridized carbons (Fsp3) is 0. The first-order chi connectivity index (χ1) is 19.1. The predicted octanol–water partition coefficient (Wildman–Crippen LogP) is 4.51. The van der Waals surface area contributed by atoms with E-state index in [1.165, 1.54) is 36.4 Å². The number of carbonyl (C=O) groups is 4. The average Bonchev–Trinajstić information content (AvgIpc) is 3.59. The molecule has 0 spiro atoms. The molecule has 0 unspecified atom stereocenters. The van der Waals surface area contributed by atoms with E-state index in [-0.39, 0.29) is 32.7 Å². The number of hydrazone groups is 2. The number of halogens is 2. The molecule has 40 heavy (non-hydrogen) atoms. The Balaban J connectivity index is 1.30. The number of hydrogen-bond donors (Lipinski definition) is 4. The molecule has 12 nitrogen and oxygen atoms in total. The topological polar surface area (TPSA) is 184 Å². The normalized spacial score (nSPS) is 11.2. The number of amides is 2. The predicted molar refractivity (Wildman–Crippen MR) is 144 cm³/mol. The number of hydrogen-bond acceptors (Lipinski definition) is 8. The summed E-state index contributed by atoms with van der Waals surface area (Å²) in [6, 6.07) is 14.9. The van der Waals surface area contributed by atoms with Crippen LogP contribution in [0, 0.1) is 0 Å². The van der Waals surface area contributed by atoms with E-state index in [4.69, 9.17) is 32.0 Å². The summed E-state index contributed by atoms with van der Waals surface area (Å²) in [5, 5.41) is 25.8. The van der Waals surface area contributed by atoms with Crippen LogP contribution in [0.25, 0.3) is 22.6 Å². The van der Waals surface area contributed by atoms with Crippen molar-refractivity contribution in [3.63, 3.8) is 0 Å². The number of carbonyl (C=O) groups excluding carboxylic acids is 2. The first-order valence-corrected chi connectivity index (χ1v) is 11.8. The molecule has 202 valence electrons. The smallest absolute Gasteiger partial charge is 0.337 e. The molecule has 0 bridgehead atoms. The summed E-state index contributed by atoms with van der Waals surface area (Å²) in [5.41, 5.74) is 4.77. The highest BCUT2D eigenvalue weighted by Crippen LogP contribution is 2.28. The van der Waals surface area contributed by atoms with Crippen LogP contribution >= 0.6 is 23.2 Å². The van der Waals surface area contributed by atoms with Gasteiger partial charge < -0.3 is 19.0 Å². The molecule has 4 rings (SSSR count). The molecule has 0 aliphatic heterocycles. The van der Waals surface area contributed by atoms with Gasteiger partial charge in [0, 0.05) is 11.1 Å². The van der Waals surface area contributed by atoms with Gasteiger partial charge in [-0.2, -0.15) is 10.2 Å². The molecule has 2 aromatic heterocycles. The summed E-state index contributed by atoms with van der Waals surface area (Å²) >= 11 is 11.7. The second kappa shape index (κ2) is 12.1. The molecule has 0 atom stereocenters. The molecule has 2 heterocycles. The second-order valence-corrected chi connectivity index (χ2v) is 8.62. The van der Waals surface area contributed by atoms with E-state index in [1.54, 1.807) is 24.3 Å². The van der Waals surface area contributed by atoms with Gasteiger partial charge in [-0.05, 0) is 60.7 Å². The van der Waals surface area contributed by atoms with Crippen LogP contribution in [-0.4, -0.2) is 46.4 Å². The second-order valence-electron chi connectivity index (χ2n) is 7.80. The number of carboxylic acids is 2. The molecular formula is C26H16Cl2N4O8. The van der Waals surface area contributed by atoms with E-state index in [0.717, 1.165) is 12.4 Å². The maximum Gasteiger partial charge on any atom is 0.337 e. The molecule has 0 saturated carbocycles. The molecular weight excluding hydrogens is 567 g/mol. The van der Waals surface area contributed by atoms with Crippen LogP contribution in [-0.2, 0) is 9.59 Å². The van der Waals surface area contributed by atoms with Crippen LogP contribution in [0.1, 0.15) is 32.2 Å². The molecule has 4 aromatic rings. The highest BCUT2D eigenvalue weighted by Gasteiger charge is 2.15. The van der Waals surface area contributed by atoms with Crippen molar-refractivity contribution < 1.29 is 38.2 Å². The Morgan fingerprint density at radius 2 is 1.05 bits per heavy atom. The summed E-state index contributed by atoms with van der Waals surface area (Å²) in [6.45, 7) is 0. The third kappa shape index (κ3) is 6.62. The van der Waals surface area contributed by atoms with Gasteiger partial charge in [0.2, 0.25) is 0 Å². The Bertz CT molecular complexity index is 1570. The van der Waals surface area contributed by atoms with Crippen LogP contribution < -0.4 is 10.9 Å². The average molecular weight is 583 g/mol. The highest BCUT2D eigenvalue weighted by molar-refractivity contribution is 6.35. The highest BCUT2D eigenvalue weighted by atomic mass is 35.5. The van der Waals surface area contributed by atoms with Crippen LogP contribution in [0.2, 0.25) is 10.0 Å². The first-order valence-electron chi connectivity index (χ1n) is 11.0. The Labute approximate surface area is 234 Å². The van der Waals surface area contributed by atoms with E-state index in [9.17, 15) is 29.4 Å². The van der Waals surface area contributed by atoms with Crippen LogP contribution in [0.4, 0.5) is 0 Å². The van der Waals surface area contributed by atoms with E-state index >= 15 is 0 Å². The van der Waals surface area contributed by atoms with Crippen LogP contribution in [0.15, 0.2) is 79.7 Å². The summed E-state index contributed by atoms with van der Waals surface area (Å²) < 4.78 is 11.1. The van der Waals surface area contributed by atoms with Crippen molar-refractivity contribution in [2.45, 2.75) is 0 Å². The SMILES string of the molecule is O=C(NN=Cc1ccc(-c2ccc(Cl)c(C(=O)O)c2)o1)C(=O)N/N=C/c1ccc(-c2ccc(Cl)c(C(=O)O)c2)o1. The summed E-state index contributed by atoms with van der Waals surface area (Å²) in [5.74, 6) is -3.52. The van der Waals surface area contributed by atoms with Gasteiger partial charge in [-0.3, -0.25) is 9.59 Å². The third-order valence-electron chi connectivity index (χ3n) is 5.14. The van der Waals surface area contributed by atoms with Gasteiger partial charge in [0.1, 0.15) is 23.0 Å². The van der Waals surface area contributed by atoms with Crippen molar-refractivity contribution >= 4 is 59.4 Å². The van der Waals surface area contributed by atoms with Crippen molar-refractivity contribution in [1.82, 2.24) is 10.9 Å². The van der Waals surface area contributed by atoms with E-state index in [2.05, 4.69) is 10.2 Å². The fourth-order valence-corrected chi connectivity index (χ4v) is 3.65. The zero-order valence-corrected chi connectivity index (χ0v) is 21.4. The lowest BCUT2D eigenvalue weighted by atomic mass is 10.1. The van der Waals surface area contributed by atoms with Gasteiger partial charge in [0.15, 0.2) is 0 Å². The third-order valence-corrected chi connectivity index (χ3v) is 5.80. The summed E-state index contributed by atoms with van der Waals surface area (Å²) in [4.78, 5) is 46.4. The van der Waals surface area contributed by atoms with E-state index in [1.807, 2.05) is 10.9 Å². The van der Waals surface area contributed by atoms with Gasteiger partial charge in [-0.15, -0.1) is 0 Å². The van der Waals surface area contributed by atoms with Crippen molar-refractivity contribution in [2.75, 3.05) is 0 Å². The fourth-order valence-electron chi connectivity index (χ4n) is 3.25. The first kappa shape index (κ1) is 27.8. The maximum atomic E-state index is 11.9. The quantitative estimate of drug-likeness (QED) is 0.133. The molecule has 2 amide bonds. The minimum absolute atomic E-state index is 0.0813. The molecule has 2 aromatic carbocycles. The standard InChI is InChI=1S/C26H16Cl2N4O8/c27-19-5-1-13(9-17(19)25(35)36)21-7-3-15(39-21)11-29-31-23(33)24(34)32-30-12-16-4-8-22(40-16)14-2-6-20(28)18(10-14)26(37)38/h1-12H,(H,31,33)(H,32,34)(H,35,36)(H,37,38)/b29-11+,30-12?. The van der Waals surface area contributed by atoms with Gasteiger partial charge >= 0.3 is 23.8 Å². The van der Waals surface area contributed by atoms with Crippen molar-refractivity contribution in [3.8, 4) is 22.6 Å². The number of aromatic carboxylic acids is 2. The van der Waals surface area contributed by atoms with E-state index < -0.39 is 23.8 Å². The lowest BCUT2D eigenvalue weighted by Gasteiger charge is -2.02. The van der Waals surface area contributed by atoms with E-state index in [0.29, 0.717) is 22.6 Å². The van der Waals surface area contributed by atoms with Gasteiger partial charge in [0.25, 0.3) is 0 Å². The Morgan fingerprint density at radius 1 is 0.650 bits per heavy atom. The molecule has 0 radical (unpaired) electrons. The molecule has 0 aliphatic carbocycles. The summed E-state index contributed by atoms with van der Waals surface area (Å²) in [7, 11) is 0. The van der Waals surface area contributed by atoms with Crippen molar-refractivity contribution in [2.24, 2.45) is 10.2 Å². The zero-order chi connectivity index (χ0) is 28.8. The molecule has 14 heteroatoms. The lowest BCUT2D eigenvalue weighted by molar-refractivity contribution is -0.139. The van der Waals surface area contributed by atoms with Crippen LogP contribution in [0.3, 0.4) is 0 Å². The largest absolute Gasteiger partial charge is 0.478 e. The number of carboxylic acid groups (broad SMARTS) is 2. The maximum absolute atomic E-state index is 11.9. The number of nitrogens with one attached hydrogen (secondary N) is 2. The minimum Gasteiger partial charge on any atom is -0.478 e. The van der Waals surface area contributed by atoms with Crippen molar-refractivity contribution in [1.29, 1.82) is 0 Å². The summed E-state index contributed by atoms with van der Waals surface area (Å²) in [6.07, 6.45) is 2.28. The van der Waals surface area contributed by atoms with Crippen molar-refractivity contribution in [3.05, 3.63) is 93.4 Å². The Kier molecular flexibility index (Phi) is 8.42. The Hall–Kier alpha value is -5.20. The van der Waals surface area contributed by atoms with Gasteiger partial charge in [-0.25, -0.2) is 20.4 Å². The van der Waals surface area contributed by atoms with Crippen LogP contribution in [0.5, 0.6) is 0 Å². The molecule has 0 saturated heterocycles. The monoisotopic (exact) mass is 582 g/mol. The van der Waals surface area contributed by atoms with Gasteiger partial charge in [0.05, 0.1) is 33.6 Å². The molecule has 0 fully saturated rings. The lowest BCUT2D eigenvalue weighted by Crippen LogP contribution is -2.35. The number of rotatable bonds is 8. The number of furan rings is 2. The minimum atomic E-state index is -1.19. The molecule has 4 N–H and O–H groups in total. The Morgan fingerprint density at radius 3 is 1.43 bits per heavy atom.